The fraction of sp³-hybridized carbons (Fsp3) is 0.240. The molecule has 0 saturated heterocycles. The molecule has 3 rings (SSSR count). The van der Waals surface area contributed by atoms with E-state index in [4.69, 9.17) is 11.6 Å². The highest BCUT2D eigenvalue weighted by molar-refractivity contribution is 7.92. The minimum Gasteiger partial charge on any atom is -0.355 e. The van der Waals surface area contributed by atoms with E-state index in [1.807, 2.05) is 19.1 Å². The number of carbonyl (C=O) groups is 1. The van der Waals surface area contributed by atoms with Gasteiger partial charge in [0.1, 0.15) is 6.54 Å². The lowest BCUT2D eigenvalue weighted by molar-refractivity contribution is -0.119. The van der Waals surface area contributed by atoms with Gasteiger partial charge in [0.15, 0.2) is 0 Å². The van der Waals surface area contributed by atoms with Crippen LogP contribution in [0.2, 0.25) is 5.02 Å². The average Bonchev–Trinajstić information content (AvgIpc) is 2.76. The number of rotatable bonds is 9. The molecule has 0 aliphatic heterocycles. The second-order valence-electron chi connectivity index (χ2n) is 7.70. The lowest BCUT2D eigenvalue weighted by atomic mass is 10.1. The molecular formula is C25H27ClN2O3S. The maximum atomic E-state index is 13.4. The second-order valence-corrected chi connectivity index (χ2v) is 10.00. The number of amides is 1. The quantitative estimate of drug-likeness (QED) is 0.452. The van der Waals surface area contributed by atoms with Gasteiger partial charge < -0.3 is 5.32 Å². The molecule has 32 heavy (non-hydrogen) atoms. The Kier molecular flexibility index (Phi) is 7.94. The Morgan fingerprint density at radius 1 is 0.969 bits per heavy atom. The number of hydrogen-bond donors (Lipinski definition) is 1. The molecule has 0 bridgehead atoms. The highest BCUT2D eigenvalue weighted by Crippen LogP contribution is 2.28. The van der Waals surface area contributed by atoms with Crippen LogP contribution in [0.25, 0.3) is 0 Å². The number of sulfonamides is 1. The van der Waals surface area contributed by atoms with Crippen molar-refractivity contribution in [2.75, 3.05) is 17.4 Å². The lowest BCUT2D eigenvalue weighted by Crippen LogP contribution is -2.41. The summed E-state index contributed by atoms with van der Waals surface area (Å²) >= 11 is 6.06. The van der Waals surface area contributed by atoms with Crippen molar-refractivity contribution in [2.24, 2.45) is 0 Å². The number of hydrogen-bond acceptors (Lipinski definition) is 3. The van der Waals surface area contributed by atoms with Gasteiger partial charge in [-0.2, -0.15) is 0 Å². The maximum Gasteiger partial charge on any atom is 0.264 e. The largest absolute Gasteiger partial charge is 0.355 e. The molecule has 0 atom stereocenters. The van der Waals surface area contributed by atoms with E-state index in [-0.39, 0.29) is 17.3 Å². The molecule has 0 aliphatic rings. The molecule has 0 fully saturated rings. The highest BCUT2D eigenvalue weighted by atomic mass is 35.5. The summed E-state index contributed by atoms with van der Waals surface area (Å²) in [6.07, 6.45) is 1.60. The Morgan fingerprint density at radius 2 is 1.72 bits per heavy atom. The van der Waals surface area contributed by atoms with Gasteiger partial charge in [-0.05, 0) is 68.1 Å². The Bertz CT molecular complexity index is 1180. The first-order chi connectivity index (χ1) is 15.3. The predicted molar refractivity (Wildman–Crippen MR) is 130 cm³/mol. The zero-order valence-corrected chi connectivity index (χ0v) is 19.8. The molecule has 168 valence electrons. The van der Waals surface area contributed by atoms with Crippen LogP contribution in [0, 0.1) is 13.8 Å². The van der Waals surface area contributed by atoms with Crippen molar-refractivity contribution in [2.45, 2.75) is 31.6 Å². The van der Waals surface area contributed by atoms with E-state index in [2.05, 4.69) is 17.4 Å². The SMILES string of the molecule is Cc1cccc(CCCNC(=O)CN(c2ccc(Cl)cc2C)S(=O)(=O)c2ccccc2)c1. The number of carbonyl (C=O) groups excluding carboxylic acids is 1. The van der Waals surface area contributed by atoms with Crippen LogP contribution in [0.4, 0.5) is 5.69 Å². The monoisotopic (exact) mass is 470 g/mol. The van der Waals surface area contributed by atoms with Crippen molar-refractivity contribution in [3.05, 3.63) is 94.5 Å². The zero-order chi connectivity index (χ0) is 23.1. The molecule has 0 aromatic heterocycles. The first kappa shape index (κ1) is 23.8. The number of benzene rings is 3. The van der Waals surface area contributed by atoms with Crippen molar-refractivity contribution >= 4 is 33.2 Å². The molecule has 0 aliphatic carbocycles. The van der Waals surface area contributed by atoms with Crippen molar-refractivity contribution in [3.63, 3.8) is 0 Å². The molecule has 0 spiro atoms. The highest BCUT2D eigenvalue weighted by Gasteiger charge is 2.28. The molecule has 3 aromatic carbocycles. The Labute approximate surface area is 195 Å². The van der Waals surface area contributed by atoms with Crippen molar-refractivity contribution in [1.82, 2.24) is 5.32 Å². The van der Waals surface area contributed by atoms with Crippen molar-refractivity contribution in [3.8, 4) is 0 Å². The maximum absolute atomic E-state index is 13.4. The molecule has 7 heteroatoms. The molecule has 3 aromatic rings. The van der Waals surface area contributed by atoms with E-state index in [9.17, 15) is 13.2 Å². The van der Waals surface area contributed by atoms with Gasteiger partial charge in [-0.25, -0.2) is 8.42 Å². The number of nitrogens with one attached hydrogen (secondary N) is 1. The van der Waals surface area contributed by atoms with E-state index in [1.165, 1.54) is 23.3 Å². The zero-order valence-electron chi connectivity index (χ0n) is 18.2. The van der Waals surface area contributed by atoms with Gasteiger partial charge in [0.25, 0.3) is 10.0 Å². The van der Waals surface area contributed by atoms with Crippen molar-refractivity contribution in [1.29, 1.82) is 0 Å². The Morgan fingerprint density at radius 3 is 2.41 bits per heavy atom. The van der Waals surface area contributed by atoms with Crippen LogP contribution in [-0.2, 0) is 21.2 Å². The van der Waals surface area contributed by atoms with Crippen LogP contribution < -0.4 is 9.62 Å². The summed E-state index contributed by atoms with van der Waals surface area (Å²) in [5, 5.41) is 3.35. The van der Waals surface area contributed by atoms with Gasteiger partial charge in [0, 0.05) is 11.6 Å². The molecule has 1 amide bonds. The molecule has 0 radical (unpaired) electrons. The van der Waals surface area contributed by atoms with E-state index in [1.54, 1.807) is 43.3 Å². The van der Waals surface area contributed by atoms with Crippen LogP contribution in [0.3, 0.4) is 0 Å². The third-order valence-electron chi connectivity index (χ3n) is 5.09. The van der Waals surface area contributed by atoms with Gasteiger partial charge in [0.05, 0.1) is 10.6 Å². The normalized spacial score (nSPS) is 11.2. The van der Waals surface area contributed by atoms with Gasteiger partial charge in [-0.15, -0.1) is 0 Å². The van der Waals surface area contributed by atoms with Crippen LogP contribution in [0.1, 0.15) is 23.1 Å². The van der Waals surface area contributed by atoms with Crippen LogP contribution >= 0.6 is 11.6 Å². The molecule has 5 nitrogen and oxygen atoms in total. The summed E-state index contributed by atoms with van der Waals surface area (Å²) < 4.78 is 27.9. The molecular weight excluding hydrogens is 444 g/mol. The Balaban J connectivity index is 1.73. The van der Waals surface area contributed by atoms with Crippen LogP contribution in [-0.4, -0.2) is 27.4 Å². The molecule has 0 saturated carbocycles. The summed E-state index contributed by atoms with van der Waals surface area (Å²) in [4.78, 5) is 12.8. The first-order valence-electron chi connectivity index (χ1n) is 10.4. The predicted octanol–water partition coefficient (Wildman–Crippen LogP) is 4.90. The Hall–Kier alpha value is -2.83. The van der Waals surface area contributed by atoms with E-state index in [0.29, 0.717) is 22.8 Å². The van der Waals surface area contributed by atoms with Gasteiger partial charge >= 0.3 is 0 Å². The summed E-state index contributed by atoms with van der Waals surface area (Å²) in [7, 11) is -3.93. The summed E-state index contributed by atoms with van der Waals surface area (Å²) in [5.41, 5.74) is 3.51. The third kappa shape index (κ3) is 6.11. The molecule has 0 unspecified atom stereocenters. The summed E-state index contributed by atoms with van der Waals surface area (Å²) in [6.45, 7) is 3.97. The topological polar surface area (TPSA) is 66.5 Å². The van der Waals surface area contributed by atoms with Gasteiger partial charge in [0.2, 0.25) is 5.91 Å². The minimum absolute atomic E-state index is 0.126. The number of aryl methyl sites for hydroxylation is 3. The fourth-order valence-corrected chi connectivity index (χ4v) is 5.23. The number of nitrogens with zero attached hydrogens (tertiary/aromatic N) is 1. The smallest absolute Gasteiger partial charge is 0.264 e. The third-order valence-corrected chi connectivity index (χ3v) is 7.10. The number of anilines is 1. The average molecular weight is 471 g/mol. The summed E-state index contributed by atoms with van der Waals surface area (Å²) in [6, 6.07) is 21.3. The van der Waals surface area contributed by atoms with Crippen LogP contribution in [0.15, 0.2) is 77.7 Å². The van der Waals surface area contributed by atoms with E-state index < -0.39 is 10.0 Å². The van der Waals surface area contributed by atoms with E-state index >= 15 is 0 Å². The second kappa shape index (κ2) is 10.7. The first-order valence-corrected chi connectivity index (χ1v) is 12.3. The minimum atomic E-state index is -3.93. The van der Waals surface area contributed by atoms with Gasteiger partial charge in [-0.3, -0.25) is 9.10 Å². The fourth-order valence-electron chi connectivity index (χ4n) is 3.49. The van der Waals surface area contributed by atoms with Gasteiger partial charge in [-0.1, -0.05) is 59.6 Å². The molecule has 1 N–H and O–H groups in total. The van der Waals surface area contributed by atoms with E-state index in [0.717, 1.165) is 17.1 Å². The molecule has 0 heterocycles. The summed E-state index contributed by atoms with van der Waals surface area (Å²) in [5.74, 6) is -0.358. The lowest BCUT2D eigenvalue weighted by Gasteiger charge is -2.25. The standard InChI is InChI=1S/C25H27ClN2O3S/c1-19-8-6-9-21(16-19)10-7-15-27-25(29)18-28(24-14-13-22(26)17-20(24)2)32(30,31)23-11-4-3-5-12-23/h3-6,8-9,11-14,16-17H,7,10,15,18H2,1-2H3,(H,27,29). The van der Waals surface area contributed by atoms with Crippen molar-refractivity contribution < 1.29 is 13.2 Å². The number of halogens is 1. The van der Waals surface area contributed by atoms with Crippen LogP contribution in [0.5, 0.6) is 0 Å².